The lowest BCUT2D eigenvalue weighted by molar-refractivity contribution is -0.121. The van der Waals surface area contributed by atoms with Crippen LogP contribution in [0.3, 0.4) is 0 Å². The summed E-state index contributed by atoms with van der Waals surface area (Å²) in [5, 5.41) is 3.19. The molecule has 1 amide bonds. The first-order valence-corrected chi connectivity index (χ1v) is 9.86. The van der Waals surface area contributed by atoms with Crippen molar-refractivity contribution >= 4 is 5.91 Å². The minimum Gasteiger partial charge on any atom is -0.454 e. The summed E-state index contributed by atoms with van der Waals surface area (Å²) in [5.41, 5.74) is 4.44. The average Bonchev–Trinajstić information content (AvgIpc) is 3.18. The zero-order valence-corrected chi connectivity index (χ0v) is 16.5. The second-order valence-electron chi connectivity index (χ2n) is 7.84. The van der Waals surface area contributed by atoms with Crippen LogP contribution in [0.1, 0.15) is 35.1 Å². The Labute approximate surface area is 166 Å². The molecule has 2 heterocycles. The zero-order chi connectivity index (χ0) is 19.6. The Hall–Kier alpha value is -2.53. The maximum atomic E-state index is 12.7. The molecule has 0 unspecified atom stereocenters. The van der Waals surface area contributed by atoms with Crippen molar-refractivity contribution in [2.45, 2.75) is 38.5 Å². The minimum absolute atomic E-state index is 0.0558. The average molecular weight is 381 g/mol. The van der Waals surface area contributed by atoms with E-state index in [1.807, 2.05) is 6.07 Å². The van der Waals surface area contributed by atoms with Gasteiger partial charge < -0.3 is 19.5 Å². The van der Waals surface area contributed by atoms with Crippen LogP contribution in [-0.2, 0) is 21.4 Å². The van der Waals surface area contributed by atoms with E-state index >= 15 is 0 Å². The fourth-order valence-electron chi connectivity index (χ4n) is 4.05. The van der Waals surface area contributed by atoms with Crippen molar-refractivity contribution in [2.75, 3.05) is 26.6 Å². The Bertz CT molecular complexity index is 871. The Morgan fingerprint density at radius 3 is 2.64 bits per heavy atom. The Kier molecular flexibility index (Phi) is 5.27. The van der Waals surface area contributed by atoms with Gasteiger partial charge in [-0.15, -0.1) is 0 Å². The summed E-state index contributed by atoms with van der Waals surface area (Å²) in [4.78, 5) is 12.7. The molecule has 1 fully saturated rings. The highest BCUT2D eigenvalue weighted by molar-refractivity contribution is 5.79. The van der Waals surface area contributed by atoms with Crippen LogP contribution in [0, 0.1) is 13.8 Å². The summed E-state index contributed by atoms with van der Waals surface area (Å²) in [6, 6.07) is 12.4. The van der Waals surface area contributed by atoms with Gasteiger partial charge in [0.2, 0.25) is 12.7 Å². The summed E-state index contributed by atoms with van der Waals surface area (Å²) in [7, 11) is 0. The van der Waals surface area contributed by atoms with Gasteiger partial charge in [-0.3, -0.25) is 4.79 Å². The van der Waals surface area contributed by atoms with E-state index in [4.69, 9.17) is 14.2 Å². The number of amides is 1. The first kappa shape index (κ1) is 18.8. The first-order valence-electron chi connectivity index (χ1n) is 9.86. The van der Waals surface area contributed by atoms with E-state index in [1.165, 1.54) is 11.1 Å². The quantitative estimate of drug-likeness (QED) is 0.862. The SMILES string of the molecule is Cc1ccc(C)c(CC(=O)NCC2(c3ccc4c(c3)OCO4)CCOCC2)c1. The lowest BCUT2D eigenvalue weighted by atomic mass is 9.74. The van der Waals surface area contributed by atoms with Crippen LogP contribution in [-0.4, -0.2) is 32.5 Å². The van der Waals surface area contributed by atoms with Gasteiger partial charge in [0, 0.05) is 25.2 Å². The Balaban J connectivity index is 1.49. The lowest BCUT2D eigenvalue weighted by Gasteiger charge is -2.38. The van der Waals surface area contributed by atoms with Gasteiger partial charge in [-0.2, -0.15) is 0 Å². The Morgan fingerprint density at radius 2 is 1.82 bits per heavy atom. The van der Waals surface area contributed by atoms with Crippen LogP contribution in [0.15, 0.2) is 36.4 Å². The molecular weight excluding hydrogens is 354 g/mol. The third-order valence-electron chi connectivity index (χ3n) is 5.91. The molecule has 2 aliphatic rings. The van der Waals surface area contributed by atoms with Crippen LogP contribution >= 0.6 is 0 Å². The predicted octanol–water partition coefficient (Wildman–Crippen LogP) is 3.44. The van der Waals surface area contributed by atoms with Crippen LogP contribution in [0.4, 0.5) is 0 Å². The van der Waals surface area contributed by atoms with Crippen LogP contribution in [0.5, 0.6) is 11.5 Å². The van der Waals surface area contributed by atoms with Gasteiger partial charge in [0.05, 0.1) is 6.42 Å². The summed E-state index contributed by atoms with van der Waals surface area (Å²) in [5.74, 6) is 1.62. The lowest BCUT2D eigenvalue weighted by Crippen LogP contribution is -2.45. The molecule has 1 saturated heterocycles. The summed E-state index contributed by atoms with van der Waals surface area (Å²) in [6.07, 6.45) is 2.15. The molecule has 5 nitrogen and oxygen atoms in total. The number of aryl methyl sites for hydroxylation is 2. The van der Waals surface area contributed by atoms with Crippen LogP contribution in [0.2, 0.25) is 0 Å². The highest BCUT2D eigenvalue weighted by Crippen LogP contribution is 2.40. The standard InChI is InChI=1S/C23H27NO4/c1-16-3-4-17(2)18(11-16)12-22(25)24-14-23(7-9-26-10-8-23)19-5-6-20-21(13-19)28-15-27-20/h3-6,11,13H,7-10,12,14-15H2,1-2H3,(H,24,25). The highest BCUT2D eigenvalue weighted by atomic mass is 16.7. The number of carbonyl (C=O) groups excluding carboxylic acids is 1. The van der Waals surface area contributed by atoms with Gasteiger partial charge in [0.25, 0.3) is 0 Å². The van der Waals surface area contributed by atoms with E-state index in [0.717, 1.165) is 35.5 Å². The topological polar surface area (TPSA) is 56.8 Å². The summed E-state index contributed by atoms with van der Waals surface area (Å²) < 4.78 is 16.6. The fourth-order valence-corrected chi connectivity index (χ4v) is 4.05. The number of benzene rings is 2. The largest absolute Gasteiger partial charge is 0.454 e. The van der Waals surface area contributed by atoms with Gasteiger partial charge >= 0.3 is 0 Å². The predicted molar refractivity (Wildman–Crippen MR) is 107 cm³/mol. The van der Waals surface area contributed by atoms with Gasteiger partial charge in [0.15, 0.2) is 11.5 Å². The molecule has 4 rings (SSSR count). The van der Waals surface area contributed by atoms with Crippen molar-refractivity contribution in [1.29, 1.82) is 0 Å². The molecule has 0 spiro atoms. The molecule has 148 valence electrons. The van der Waals surface area contributed by atoms with Gasteiger partial charge in [-0.25, -0.2) is 0 Å². The molecule has 0 aliphatic carbocycles. The van der Waals surface area contributed by atoms with Crippen molar-refractivity contribution < 1.29 is 19.0 Å². The number of hydrogen-bond acceptors (Lipinski definition) is 4. The number of ether oxygens (including phenoxy) is 3. The number of carbonyl (C=O) groups is 1. The van der Waals surface area contributed by atoms with Crippen molar-refractivity contribution in [1.82, 2.24) is 5.32 Å². The molecule has 0 aromatic heterocycles. The Morgan fingerprint density at radius 1 is 1.04 bits per heavy atom. The molecule has 0 atom stereocenters. The van der Waals surface area contributed by atoms with E-state index in [-0.39, 0.29) is 18.1 Å². The van der Waals surface area contributed by atoms with E-state index < -0.39 is 0 Å². The minimum atomic E-state index is -0.142. The molecule has 2 aromatic rings. The third-order valence-corrected chi connectivity index (χ3v) is 5.91. The second kappa shape index (κ2) is 7.84. The van der Waals surface area contributed by atoms with Crippen molar-refractivity contribution in [2.24, 2.45) is 0 Å². The highest BCUT2D eigenvalue weighted by Gasteiger charge is 2.36. The van der Waals surface area contributed by atoms with Gasteiger partial charge in [-0.1, -0.05) is 29.8 Å². The van der Waals surface area contributed by atoms with Crippen molar-refractivity contribution in [3.63, 3.8) is 0 Å². The van der Waals surface area contributed by atoms with E-state index in [1.54, 1.807) is 0 Å². The maximum absolute atomic E-state index is 12.7. The maximum Gasteiger partial charge on any atom is 0.231 e. The molecular formula is C23H27NO4. The molecule has 1 N–H and O–H groups in total. The second-order valence-corrected chi connectivity index (χ2v) is 7.84. The molecule has 28 heavy (non-hydrogen) atoms. The zero-order valence-electron chi connectivity index (χ0n) is 16.5. The van der Waals surface area contributed by atoms with E-state index in [2.05, 4.69) is 49.5 Å². The number of hydrogen-bond donors (Lipinski definition) is 1. The summed E-state index contributed by atoms with van der Waals surface area (Å²) in [6.45, 7) is 6.36. The van der Waals surface area contributed by atoms with Crippen LogP contribution < -0.4 is 14.8 Å². The van der Waals surface area contributed by atoms with Gasteiger partial charge in [-0.05, 0) is 55.5 Å². The number of rotatable bonds is 5. The molecule has 5 heteroatoms. The third kappa shape index (κ3) is 3.85. The molecule has 0 radical (unpaired) electrons. The van der Waals surface area contributed by atoms with E-state index in [0.29, 0.717) is 26.2 Å². The number of nitrogens with one attached hydrogen (secondary N) is 1. The van der Waals surface area contributed by atoms with Crippen molar-refractivity contribution in [3.05, 3.63) is 58.7 Å². The molecule has 2 aliphatic heterocycles. The number of fused-ring (bicyclic) bond motifs is 1. The molecule has 0 saturated carbocycles. The smallest absolute Gasteiger partial charge is 0.231 e. The molecule has 0 bridgehead atoms. The van der Waals surface area contributed by atoms with Gasteiger partial charge in [0.1, 0.15) is 0 Å². The molecule has 2 aromatic carbocycles. The van der Waals surface area contributed by atoms with Crippen LogP contribution in [0.25, 0.3) is 0 Å². The van der Waals surface area contributed by atoms with E-state index in [9.17, 15) is 4.79 Å². The van der Waals surface area contributed by atoms with Crippen molar-refractivity contribution in [3.8, 4) is 11.5 Å². The summed E-state index contributed by atoms with van der Waals surface area (Å²) >= 11 is 0. The monoisotopic (exact) mass is 381 g/mol. The fraction of sp³-hybridized carbons (Fsp3) is 0.435. The first-order chi connectivity index (χ1) is 13.6. The normalized spacial score (nSPS) is 17.4.